The first-order chi connectivity index (χ1) is 9.79. The summed E-state index contributed by atoms with van der Waals surface area (Å²) in [7, 11) is -0.535. The van der Waals surface area contributed by atoms with E-state index in [2.05, 4.69) is 62.3 Å². The molecule has 0 atom stereocenters. The maximum Gasteiger partial charge on any atom is 0.639 e. The van der Waals surface area contributed by atoms with Crippen molar-refractivity contribution in [2.45, 2.75) is 81.6 Å². The molecule has 4 heteroatoms. The zero-order chi connectivity index (χ0) is 17.4. The smallest absolute Gasteiger partial charge is 0.386 e. The van der Waals surface area contributed by atoms with Crippen molar-refractivity contribution < 1.29 is 14.0 Å². The Bertz CT molecular complexity index is 237. The third-order valence-corrected chi connectivity index (χ3v) is 3.32. The molecule has 0 aliphatic rings. The van der Waals surface area contributed by atoms with Gasteiger partial charge in [-0.2, -0.15) is 0 Å². The van der Waals surface area contributed by atoms with Crippen molar-refractivity contribution in [1.82, 2.24) is 0 Å². The molecule has 0 bridgehead atoms. The van der Waals surface area contributed by atoms with Crippen LogP contribution >= 0.6 is 0 Å². The van der Waals surface area contributed by atoms with Crippen molar-refractivity contribution in [2.75, 3.05) is 19.8 Å². The van der Waals surface area contributed by atoms with Crippen LogP contribution in [0.5, 0.6) is 0 Å². The summed E-state index contributed by atoms with van der Waals surface area (Å²) >= 11 is 0. The Balaban J connectivity index is 4.19. The van der Waals surface area contributed by atoms with E-state index in [-0.39, 0.29) is 16.2 Å². The largest absolute Gasteiger partial charge is 0.639 e. The van der Waals surface area contributed by atoms with Crippen LogP contribution in [0, 0.1) is 16.2 Å². The minimum atomic E-state index is -0.535. The van der Waals surface area contributed by atoms with E-state index in [0.29, 0.717) is 19.8 Å². The molecule has 0 aromatic carbocycles. The minimum Gasteiger partial charge on any atom is -0.386 e. The summed E-state index contributed by atoms with van der Waals surface area (Å²) in [6.45, 7) is 21.9. The summed E-state index contributed by atoms with van der Waals surface area (Å²) in [5.41, 5.74) is 0.796. The van der Waals surface area contributed by atoms with Crippen molar-refractivity contribution >= 4 is 7.32 Å². The summed E-state index contributed by atoms with van der Waals surface area (Å²) < 4.78 is 17.4. The molecule has 0 aromatic heterocycles. The molecule has 22 heavy (non-hydrogen) atoms. The van der Waals surface area contributed by atoms with Gasteiger partial charge in [-0.05, 0) is 35.5 Å². The summed E-state index contributed by atoms with van der Waals surface area (Å²) in [4.78, 5) is 0. The van der Waals surface area contributed by atoms with E-state index >= 15 is 0 Å². The van der Waals surface area contributed by atoms with Crippen LogP contribution in [-0.2, 0) is 14.0 Å². The zero-order valence-electron chi connectivity index (χ0n) is 16.5. The van der Waals surface area contributed by atoms with Crippen LogP contribution in [0.25, 0.3) is 0 Å². The predicted molar refractivity (Wildman–Crippen MR) is 95.8 cm³/mol. The fourth-order valence-corrected chi connectivity index (χ4v) is 1.53. The lowest BCUT2D eigenvalue weighted by molar-refractivity contribution is 0.0693. The normalized spacial score (nSPS) is 13.5. The molecule has 0 saturated carbocycles. The van der Waals surface area contributed by atoms with E-state index in [1.54, 1.807) is 0 Å². The molecule has 0 aromatic rings. The summed E-state index contributed by atoms with van der Waals surface area (Å²) in [6, 6.07) is 0. The summed E-state index contributed by atoms with van der Waals surface area (Å²) in [6.07, 6.45) is 2.98. The maximum absolute atomic E-state index is 5.80. The lowest BCUT2D eigenvalue weighted by Crippen LogP contribution is -2.31. The fourth-order valence-electron chi connectivity index (χ4n) is 1.53. The zero-order valence-corrected chi connectivity index (χ0v) is 16.5. The average Bonchev–Trinajstić information content (AvgIpc) is 2.23. The molecule has 0 aliphatic heterocycles. The van der Waals surface area contributed by atoms with E-state index in [9.17, 15) is 0 Å². The van der Waals surface area contributed by atoms with Gasteiger partial charge >= 0.3 is 7.32 Å². The Hall–Kier alpha value is -0.0551. The van der Waals surface area contributed by atoms with Gasteiger partial charge in [0.25, 0.3) is 0 Å². The van der Waals surface area contributed by atoms with Crippen molar-refractivity contribution in [3.8, 4) is 0 Å². The SMILES string of the molecule is CC(C)(C)CCOB(OCCC(C)(C)C)OCCC(C)(C)C. The summed E-state index contributed by atoms with van der Waals surface area (Å²) in [5.74, 6) is 0. The highest BCUT2D eigenvalue weighted by atomic mass is 16.7. The first kappa shape index (κ1) is 21.9. The van der Waals surface area contributed by atoms with E-state index in [1.807, 2.05) is 0 Å². The second-order valence-corrected chi connectivity index (χ2v) is 9.83. The first-order valence-electron chi connectivity index (χ1n) is 8.63. The molecular weight excluding hydrogens is 275 g/mol. The van der Waals surface area contributed by atoms with Crippen molar-refractivity contribution in [2.24, 2.45) is 16.2 Å². The molecule has 0 fully saturated rings. The highest BCUT2D eigenvalue weighted by Gasteiger charge is 2.24. The highest BCUT2D eigenvalue weighted by molar-refractivity contribution is 6.36. The van der Waals surface area contributed by atoms with E-state index in [0.717, 1.165) is 19.3 Å². The van der Waals surface area contributed by atoms with Crippen LogP contribution in [0.15, 0.2) is 0 Å². The topological polar surface area (TPSA) is 27.7 Å². The van der Waals surface area contributed by atoms with Gasteiger partial charge in [0.05, 0.1) is 0 Å². The van der Waals surface area contributed by atoms with Gasteiger partial charge in [-0.15, -0.1) is 0 Å². The molecule has 0 aliphatic carbocycles. The Morgan fingerprint density at radius 1 is 0.500 bits per heavy atom. The molecule has 3 nitrogen and oxygen atoms in total. The van der Waals surface area contributed by atoms with Gasteiger partial charge in [0.1, 0.15) is 0 Å². The molecule has 0 N–H and O–H groups in total. The second-order valence-electron chi connectivity index (χ2n) is 9.83. The molecule has 0 saturated heterocycles. The van der Waals surface area contributed by atoms with E-state index in [4.69, 9.17) is 14.0 Å². The van der Waals surface area contributed by atoms with Crippen LogP contribution in [0.4, 0.5) is 0 Å². The van der Waals surface area contributed by atoms with Gasteiger partial charge in [-0.1, -0.05) is 62.3 Å². The van der Waals surface area contributed by atoms with Gasteiger partial charge in [0, 0.05) is 19.8 Å². The Morgan fingerprint density at radius 2 is 0.727 bits per heavy atom. The number of rotatable bonds is 9. The quantitative estimate of drug-likeness (QED) is 0.538. The molecule has 132 valence electrons. The highest BCUT2D eigenvalue weighted by Crippen LogP contribution is 2.21. The van der Waals surface area contributed by atoms with Gasteiger partial charge in [-0.3, -0.25) is 0 Å². The van der Waals surface area contributed by atoms with Crippen molar-refractivity contribution in [3.05, 3.63) is 0 Å². The summed E-state index contributed by atoms with van der Waals surface area (Å²) in [5, 5.41) is 0. The fraction of sp³-hybridized carbons (Fsp3) is 1.00. The van der Waals surface area contributed by atoms with Crippen molar-refractivity contribution in [3.63, 3.8) is 0 Å². The molecular formula is C18H39BO3. The second kappa shape index (κ2) is 9.29. The van der Waals surface area contributed by atoms with Crippen LogP contribution in [0.3, 0.4) is 0 Å². The molecule has 0 spiro atoms. The standard InChI is InChI=1S/C18H39BO3/c1-16(2,3)10-13-20-19(21-14-11-17(4,5)6)22-15-12-18(7,8)9/h10-15H2,1-9H3. The minimum absolute atomic E-state index is 0.265. The van der Waals surface area contributed by atoms with E-state index in [1.165, 1.54) is 0 Å². The van der Waals surface area contributed by atoms with E-state index < -0.39 is 7.32 Å². The van der Waals surface area contributed by atoms with Gasteiger partial charge in [-0.25, -0.2) is 0 Å². The Morgan fingerprint density at radius 3 is 0.909 bits per heavy atom. The van der Waals surface area contributed by atoms with Crippen LogP contribution in [0.1, 0.15) is 81.6 Å². The van der Waals surface area contributed by atoms with Crippen LogP contribution in [0.2, 0.25) is 0 Å². The average molecular weight is 314 g/mol. The molecule has 0 amide bonds. The van der Waals surface area contributed by atoms with Crippen molar-refractivity contribution in [1.29, 1.82) is 0 Å². The lowest BCUT2D eigenvalue weighted by atomic mass is 9.92. The third kappa shape index (κ3) is 16.3. The Kier molecular flexibility index (Phi) is 9.27. The van der Waals surface area contributed by atoms with Crippen LogP contribution in [-0.4, -0.2) is 27.1 Å². The Labute approximate surface area is 139 Å². The third-order valence-electron chi connectivity index (χ3n) is 3.32. The first-order valence-corrected chi connectivity index (χ1v) is 8.63. The lowest BCUT2D eigenvalue weighted by Gasteiger charge is -2.23. The van der Waals surface area contributed by atoms with Crippen LogP contribution < -0.4 is 0 Å². The molecule has 0 rings (SSSR count). The number of hydrogen-bond donors (Lipinski definition) is 0. The number of hydrogen-bond acceptors (Lipinski definition) is 3. The predicted octanol–water partition coefficient (Wildman–Crippen LogP) is 5.33. The van der Waals surface area contributed by atoms with Gasteiger partial charge in [0.2, 0.25) is 0 Å². The monoisotopic (exact) mass is 314 g/mol. The maximum atomic E-state index is 5.80. The van der Waals surface area contributed by atoms with Gasteiger partial charge in [0.15, 0.2) is 0 Å². The molecule has 0 unspecified atom stereocenters. The van der Waals surface area contributed by atoms with Gasteiger partial charge < -0.3 is 14.0 Å². The molecule has 0 heterocycles. The molecule has 0 radical (unpaired) electrons.